The van der Waals surface area contributed by atoms with Crippen molar-refractivity contribution in [1.82, 2.24) is 31.1 Å². The number of amides is 5. The molecule has 1 saturated heterocycles. The lowest BCUT2D eigenvalue weighted by Gasteiger charge is -2.33. The van der Waals surface area contributed by atoms with E-state index in [2.05, 4.69) is 33.1 Å². The van der Waals surface area contributed by atoms with Gasteiger partial charge in [0.15, 0.2) is 11.5 Å². The number of rotatable bonds is 7. The highest BCUT2D eigenvalue weighted by atomic mass is 16.5. The number of carbonyl (C=O) groups is 5. The standard InChI is InChI=1S/C43H56N6O8/c1-5-48-23-19-31(20-24-48)43(54)49-22-10-9-21-44-41(52)32-15-18-36(55-3)38(25-32)57-34-16-14-33(37(26-34)56-4)27-45-40(51)29(2)46-42(53)35(47-39(50)28-49)17-13-30-11-7-6-8-12-30/h6-8,11-12,14-16,18,25-26,29,31,35H,5,9-10,13,17,19-24,27-28H2,1-4H3,(H,44,52)(H,45,51)(H,46,53)(H,47,50)/t29-,35-/m0/s1. The summed E-state index contributed by atoms with van der Waals surface area (Å²) in [6.07, 6.45) is 3.27. The van der Waals surface area contributed by atoms with Crippen molar-refractivity contribution in [3.8, 4) is 23.0 Å². The predicted octanol–water partition coefficient (Wildman–Crippen LogP) is 3.82. The first-order valence-corrected chi connectivity index (χ1v) is 19.8. The van der Waals surface area contributed by atoms with Crippen LogP contribution in [0, 0.1) is 5.92 Å². The van der Waals surface area contributed by atoms with Gasteiger partial charge in [-0.25, -0.2) is 0 Å². The van der Waals surface area contributed by atoms with E-state index in [4.69, 9.17) is 14.2 Å². The van der Waals surface area contributed by atoms with Crippen LogP contribution in [0.25, 0.3) is 0 Å². The number of nitrogens with zero attached hydrogens (tertiary/aromatic N) is 2. The maximum Gasteiger partial charge on any atom is 0.251 e. The molecule has 3 aromatic carbocycles. The Morgan fingerprint density at radius 3 is 2.32 bits per heavy atom. The van der Waals surface area contributed by atoms with E-state index in [1.54, 1.807) is 48.2 Å². The summed E-state index contributed by atoms with van der Waals surface area (Å²) in [5.74, 6) is -0.402. The molecule has 3 aliphatic heterocycles. The van der Waals surface area contributed by atoms with Gasteiger partial charge in [-0.1, -0.05) is 37.3 Å². The minimum absolute atomic E-state index is 0.0889. The van der Waals surface area contributed by atoms with E-state index in [0.29, 0.717) is 79.3 Å². The number of ether oxygens (including phenoxy) is 3. The third kappa shape index (κ3) is 12.2. The first-order valence-electron chi connectivity index (χ1n) is 19.8. The molecule has 1 fully saturated rings. The largest absolute Gasteiger partial charge is 0.496 e. The van der Waals surface area contributed by atoms with Gasteiger partial charge >= 0.3 is 0 Å². The van der Waals surface area contributed by atoms with Crippen molar-refractivity contribution in [3.05, 3.63) is 83.4 Å². The number of methoxy groups -OCH3 is 2. The summed E-state index contributed by atoms with van der Waals surface area (Å²) in [6, 6.07) is 17.8. The Labute approximate surface area is 335 Å². The van der Waals surface area contributed by atoms with Gasteiger partial charge in [0.1, 0.15) is 23.6 Å². The summed E-state index contributed by atoms with van der Waals surface area (Å²) in [6.45, 7) is 6.73. The average Bonchev–Trinajstić information content (AvgIpc) is 3.23. The first kappa shape index (κ1) is 42.5. The summed E-state index contributed by atoms with van der Waals surface area (Å²) < 4.78 is 17.3. The zero-order chi connectivity index (χ0) is 40.7. The highest BCUT2D eigenvalue weighted by Gasteiger charge is 2.31. The van der Waals surface area contributed by atoms with Crippen molar-refractivity contribution in [3.63, 3.8) is 0 Å². The number of hydrogen-bond acceptors (Lipinski definition) is 9. The van der Waals surface area contributed by atoms with Crippen molar-refractivity contribution in [2.75, 3.05) is 53.5 Å². The Hall–Kier alpha value is -5.63. The van der Waals surface area contributed by atoms with E-state index in [1.807, 2.05) is 30.3 Å². The number of aryl methyl sites for hydroxylation is 1. The third-order valence-electron chi connectivity index (χ3n) is 10.5. The van der Waals surface area contributed by atoms with E-state index >= 15 is 0 Å². The molecule has 4 bridgehead atoms. The van der Waals surface area contributed by atoms with Crippen LogP contribution in [0.2, 0.25) is 0 Å². The summed E-state index contributed by atoms with van der Waals surface area (Å²) in [5.41, 5.74) is 2.02. The second-order valence-electron chi connectivity index (χ2n) is 14.5. The summed E-state index contributed by atoms with van der Waals surface area (Å²) in [5, 5.41) is 11.5. The van der Waals surface area contributed by atoms with Crippen LogP contribution in [0.4, 0.5) is 0 Å². The van der Waals surface area contributed by atoms with Crippen LogP contribution in [0.15, 0.2) is 66.7 Å². The molecular formula is C43H56N6O8. The monoisotopic (exact) mass is 784 g/mol. The molecule has 3 heterocycles. The molecule has 0 aromatic heterocycles. The fraction of sp³-hybridized carbons (Fsp3) is 0.465. The number of hydrogen-bond donors (Lipinski definition) is 4. The van der Waals surface area contributed by atoms with Crippen LogP contribution < -0.4 is 35.5 Å². The van der Waals surface area contributed by atoms with E-state index in [-0.39, 0.29) is 37.2 Å². The summed E-state index contributed by atoms with van der Waals surface area (Å²) in [4.78, 5) is 71.9. The van der Waals surface area contributed by atoms with Crippen LogP contribution in [0.3, 0.4) is 0 Å². The quantitative estimate of drug-likeness (QED) is 0.261. The lowest BCUT2D eigenvalue weighted by Crippen LogP contribution is -2.54. The van der Waals surface area contributed by atoms with E-state index < -0.39 is 29.8 Å². The second kappa shape index (κ2) is 21.1. The number of benzene rings is 3. The SMILES string of the molecule is CCN1CCC(C(=O)N2CCCCNC(=O)c3ccc(OC)c(c3)Oc3ccc(c(OC)c3)CNC(=O)[C@H](C)NC(=O)[C@H](CCc3ccccc3)NC(=O)C2)CC1. The maximum atomic E-state index is 13.9. The minimum Gasteiger partial charge on any atom is -0.496 e. The van der Waals surface area contributed by atoms with Gasteiger partial charge in [-0.3, -0.25) is 24.0 Å². The molecule has 6 rings (SSSR count). The molecule has 5 amide bonds. The van der Waals surface area contributed by atoms with Gasteiger partial charge in [0.25, 0.3) is 5.91 Å². The maximum absolute atomic E-state index is 13.9. The molecule has 3 aliphatic rings. The molecule has 14 heteroatoms. The zero-order valence-corrected chi connectivity index (χ0v) is 33.4. The van der Waals surface area contributed by atoms with Gasteiger partial charge < -0.3 is 45.3 Å². The molecule has 306 valence electrons. The molecular weight excluding hydrogens is 729 g/mol. The lowest BCUT2D eigenvalue weighted by atomic mass is 9.95. The normalized spacial score (nSPS) is 19.8. The zero-order valence-electron chi connectivity index (χ0n) is 33.4. The van der Waals surface area contributed by atoms with Crippen molar-refractivity contribution >= 4 is 29.5 Å². The Morgan fingerprint density at radius 2 is 1.60 bits per heavy atom. The number of likely N-dealkylation sites (tertiary alicyclic amines) is 1. The highest BCUT2D eigenvalue weighted by Crippen LogP contribution is 2.35. The van der Waals surface area contributed by atoms with Gasteiger partial charge in [0, 0.05) is 42.7 Å². The average molecular weight is 785 g/mol. The van der Waals surface area contributed by atoms with Gasteiger partial charge in [0.05, 0.1) is 20.8 Å². The fourth-order valence-electron chi connectivity index (χ4n) is 7.07. The smallest absolute Gasteiger partial charge is 0.251 e. The van der Waals surface area contributed by atoms with Gasteiger partial charge in [-0.05, 0) is 101 Å². The number of nitrogens with one attached hydrogen (secondary N) is 4. The fourth-order valence-corrected chi connectivity index (χ4v) is 7.07. The predicted molar refractivity (Wildman–Crippen MR) is 215 cm³/mol. The van der Waals surface area contributed by atoms with Crippen LogP contribution >= 0.6 is 0 Å². The van der Waals surface area contributed by atoms with E-state index in [1.165, 1.54) is 14.2 Å². The lowest BCUT2D eigenvalue weighted by molar-refractivity contribution is -0.141. The molecule has 14 nitrogen and oxygen atoms in total. The molecule has 57 heavy (non-hydrogen) atoms. The van der Waals surface area contributed by atoms with Crippen molar-refractivity contribution < 1.29 is 38.2 Å². The molecule has 0 aliphatic carbocycles. The molecule has 0 radical (unpaired) electrons. The number of fused-ring (bicyclic) bond motifs is 18. The number of carbonyl (C=O) groups excluding carboxylic acids is 5. The Morgan fingerprint density at radius 1 is 0.842 bits per heavy atom. The Kier molecular flexibility index (Phi) is 15.7. The van der Waals surface area contributed by atoms with Crippen LogP contribution in [-0.2, 0) is 32.1 Å². The van der Waals surface area contributed by atoms with Crippen LogP contribution in [0.1, 0.15) is 67.4 Å². The molecule has 4 N–H and O–H groups in total. The summed E-state index contributed by atoms with van der Waals surface area (Å²) >= 11 is 0. The van der Waals surface area contributed by atoms with Crippen molar-refractivity contribution in [2.24, 2.45) is 5.92 Å². The van der Waals surface area contributed by atoms with E-state index in [0.717, 1.165) is 25.2 Å². The molecule has 2 atom stereocenters. The van der Waals surface area contributed by atoms with Gasteiger partial charge in [-0.2, -0.15) is 0 Å². The Balaban J connectivity index is 1.38. The first-order chi connectivity index (χ1) is 27.6. The van der Waals surface area contributed by atoms with Gasteiger partial charge in [-0.15, -0.1) is 0 Å². The van der Waals surface area contributed by atoms with Crippen molar-refractivity contribution in [1.29, 1.82) is 0 Å². The van der Waals surface area contributed by atoms with E-state index in [9.17, 15) is 24.0 Å². The molecule has 0 unspecified atom stereocenters. The number of piperidine rings is 1. The minimum atomic E-state index is -0.966. The van der Waals surface area contributed by atoms with Crippen LogP contribution in [-0.4, -0.2) is 105 Å². The topological polar surface area (TPSA) is 168 Å². The molecule has 0 saturated carbocycles. The molecule has 3 aromatic rings. The third-order valence-corrected chi connectivity index (χ3v) is 10.5. The summed E-state index contributed by atoms with van der Waals surface area (Å²) in [7, 11) is 3.01. The Bertz CT molecular complexity index is 1850. The van der Waals surface area contributed by atoms with Crippen LogP contribution in [0.5, 0.6) is 23.0 Å². The molecule has 0 spiro atoms. The van der Waals surface area contributed by atoms with Crippen molar-refractivity contribution in [2.45, 2.75) is 71.0 Å². The van der Waals surface area contributed by atoms with Gasteiger partial charge in [0.2, 0.25) is 23.6 Å². The highest BCUT2D eigenvalue weighted by molar-refractivity contribution is 5.95. The second-order valence-corrected chi connectivity index (χ2v) is 14.5.